The Hall–Kier alpha value is -2.91. The van der Waals surface area contributed by atoms with Crippen molar-refractivity contribution in [2.45, 2.75) is 37.1 Å². The number of anilines is 1. The molecule has 0 saturated carbocycles. The second-order valence-electron chi connectivity index (χ2n) is 6.81. The molecule has 9 heteroatoms. The van der Waals surface area contributed by atoms with Crippen molar-refractivity contribution in [3.05, 3.63) is 48.0 Å². The number of hydrogen-bond donors (Lipinski definition) is 1. The van der Waals surface area contributed by atoms with Gasteiger partial charge in [0.2, 0.25) is 21.8 Å². The van der Waals surface area contributed by atoms with Crippen molar-refractivity contribution in [2.75, 3.05) is 19.1 Å². The Morgan fingerprint density at radius 3 is 2.17 bits per heavy atom. The number of sulfonamides is 1. The van der Waals surface area contributed by atoms with Gasteiger partial charge in [-0.05, 0) is 42.3 Å². The quantitative estimate of drug-likeness (QED) is 0.644. The number of amides is 2. The lowest BCUT2D eigenvalue weighted by molar-refractivity contribution is -0.121. The van der Waals surface area contributed by atoms with Gasteiger partial charge in [-0.1, -0.05) is 19.1 Å². The Morgan fingerprint density at radius 2 is 1.63 bits per heavy atom. The maximum Gasteiger partial charge on any atom is 0.241 e. The Balaban J connectivity index is 1.94. The smallest absolute Gasteiger partial charge is 0.241 e. The summed E-state index contributed by atoms with van der Waals surface area (Å²) in [4.78, 5) is 25.2. The maximum absolute atomic E-state index is 13.1. The highest BCUT2D eigenvalue weighted by atomic mass is 32.2. The average molecular weight is 432 g/mol. The number of hydrogen-bond acceptors (Lipinski definition) is 6. The summed E-state index contributed by atoms with van der Waals surface area (Å²) < 4.78 is 39.2. The molecule has 0 unspecified atom stereocenters. The van der Waals surface area contributed by atoms with Crippen molar-refractivity contribution in [1.82, 2.24) is 4.72 Å². The van der Waals surface area contributed by atoms with E-state index >= 15 is 0 Å². The summed E-state index contributed by atoms with van der Waals surface area (Å²) in [5.74, 6) is 0.159. The van der Waals surface area contributed by atoms with Crippen LogP contribution in [0.1, 0.15) is 37.8 Å². The van der Waals surface area contributed by atoms with Gasteiger partial charge in [0.1, 0.15) is 11.5 Å². The second kappa shape index (κ2) is 8.85. The van der Waals surface area contributed by atoms with E-state index in [2.05, 4.69) is 4.72 Å². The van der Waals surface area contributed by atoms with E-state index in [1.165, 1.54) is 25.3 Å². The summed E-state index contributed by atoms with van der Waals surface area (Å²) in [6.45, 7) is 1.87. The molecule has 1 heterocycles. The first-order valence-corrected chi connectivity index (χ1v) is 11.0. The molecule has 1 aliphatic rings. The molecule has 0 radical (unpaired) electrons. The third-order valence-electron chi connectivity index (χ3n) is 4.98. The highest BCUT2D eigenvalue weighted by Gasteiger charge is 2.33. The summed E-state index contributed by atoms with van der Waals surface area (Å²) in [6, 6.07) is 10.8. The minimum Gasteiger partial charge on any atom is -0.497 e. The van der Waals surface area contributed by atoms with Gasteiger partial charge in [-0.2, -0.15) is 0 Å². The lowest BCUT2D eigenvalue weighted by atomic mass is 10.1. The highest BCUT2D eigenvalue weighted by molar-refractivity contribution is 7.89. The lowest BCUT2D eigenvalue weighted by Gasteiger charge is -2.21. The van der Waals surface area contributed by atoms with Crippen LogP contribution in [0, 0.1) is 0 Å². The van der Waals surface area contributed by atoms with Crippen LogP contribution in [0.3, 0.4) is 0 Å². The standard InChI is InChI=1S/C21H24N2O6S/c1-4-17(14-5-7-15(28-2)8-6-14)22-30(26,27)16-9-10-19(29-3)18(13-16)23-20(24)11-12-21(23)25/h5-10,13,17,22H,4,11-12H2,1-3H3/t17-/m1/s1. The predicted molar refractivity (Wildman–Crippen MR) is 111 cm³/mol. The fourth-order valence-electron chi connectivity index (χ4n) is 3.34. The van der Waals surface area contributed by atoms with E-state index in [-0.39, 0.29) is 41.0 Å². The van der Waals surface area contributed by atoms with Gasteiger partial charge >= 0.3 is 0 Å². The van der Waals surface area contributed by atoms with Gasteiger partial charge in [0.15, 0.2) is 0 Å². The van der Waals surface area contributed by atoms with Gasteiger partial charge < -0.3 is 9.47 Å². The van der Waals surface area contributed by atoms with Gasteiger partial charge in [-0.25, -0.2) is 18.0 Å². The van der Waals surface area contributed by atoms with E-state index in [0.717, 1.165) is 10.5 Å². The van der Waals surface area contributed by atoms with Crippen molar-refractivity contribution in [3.63, 3.8) is 0 Å². The number of nitrogens with zero attached hydrogens (tertiary/aromatic N) is 1. The molecule has 0 spiro atoms. The molecule has 160 valence electrons. The summed E-state index contributed by atoms with van der Waals surface area (Å²) in [6.07, 6.45) is 0.705. The van der Waals surface area contributed by atoms with Crippen molar-refractivity contribution in [2.24, 2.45) is 0 Å². The molecular weight excluding hydrogens is 408 g/mol. The summed E-state index contributed by atoms with van der Waals surface area (Å²) in [7, 11) is -0.976. The van der Waals surface area contributed by atoms with Gasteiger partial charge in [0, 0.05) is 18.9 Å². The van der Waals surface area contributed by atoms with E-state index in [1.54, 1.807) is 31.4 Å². The summed E-state index contributed by atoms with van der Waals surface area (Å²) in [5.41, 5.74) is 0.922. The number of ether oxygens (including phenoxy) is 2. The molecule has 1 atom stereocenters. The lowest BCUT2D eigenvalue weighted by Crippen LogP contribution is -2.31. The number of benzene rings is 2. The number of carbonyl (C=O) groups excluding carboxylic acids is 2. The Labute approximate surface area is 175 Å². The third kappa shape index (κ3) is 4.31. The molecule has 0 aliphatic carbocycles. The first kappa shape index (κ1) is 21.8. The third-order valence-corrected chi connectivity index (χ3v) is 6.45. The molecule has 3 rings (SSSR count). The van der Waals surface area contributed by atoms with Crippen LogP contribution in [-0.2, 0) is 19.6 Å². The molecule has 1 saturated heterocycles. The predicted octanol–water partition coefficient (Wildman–Crippen LogP) is 2.79. The van der Waals surface area contributed by atoms with Gasteiger partial charge in [0.25, 0.3) is 0 Å². The van der Waals surface area contributed by atoms with Crippen LogP contribution < -0.4 is 19.1 Å². The summed E-state index contributed by atoms with van der Waals surface area (Å²) in [5, 5.41) is 0. The Kier molecular flexibility index (Phi) is 6.42. The minimum absolute atomic E-state index is 0.0576. The minimum atomic E-state index is -3.93. The first-order valence-electron chi connectivity index (χ1n) is 9.50. The molecule has 8 nitrogen and oxygen atoms in total. The molecule has 0 aromatic heterocycles. The average Bonchev–Trinajstić information content (AvgIpc) is 3.09. The number of imide groups is 1. The Morgan fingerprint density at radius 1 is 1.00 bits per heavy atom. The number of methoxy groups -OCH3 is 2. The van der Waals surface area contributed by atoms with Crippen molar-refractivity contribution >= 4 is 27.5 Å². The van der Waals surface area contributed by atoms with Crippen LogP contribution in [0.4, 0.5) is 5.69 Å². The van der Waals surface area contributed by atoms with Crippen LogP contribution in [-0.4, -0.2) is 34.5 Å². The van der Waals surface area contributed by atoms with Crippen LogP contribution in [0.15, 0.2) is 47.4 Å². The second-order valence-corrected chi connectivity index (χ2v) is 8.53. The molecular formula is C21H24N2O6S. The van der Waals surface area contributed by atoms with Crippen LogP contribution >= 0.6 is 0 Å². The monoisotopic (exact) mass is 432 g/mol. The molecule has 2 aromatic rings. The molecule has 30 heavy (non-hydrogen) atoms. The fraction of sp³-hybridized carbons (Fsp3) is 0.333. The normalized spacial score (nSPS) is 15.4. The van der Waals surface area contributed by atoms with Crippen LogP contribution in [0.25, 0.3) is 0 Å². The van der Waals surface area contributed by atoms with E-state index in [0.29, 0.717) is 12.2 Å². The van der Waals surface area contributed by atoms with E-state index < -0.39 is 16.1 Å². The van der Waals surface area contributed by atoms with E-state index in [4.69, 9.17) is 9.47 Å². The number of rotatable bonds is 8. The van der Waals surface area contributed by atoms with Crippen molar-refractivity contribution in [1.29, 1.82) is 0 Å². The van der Waals surface area contributed by atoms with Gasteiger partial charge in [-0.3, -0.25) is 9.59 Å². The van der Waals surface area contributed by atoms with Crippen LogP contribution in [0.2, 0.25) is 0 Å². The van der Waals surface area contributed by atoms with Gasteiger partial charge in [0.05, 0.1) is 24.8 Å². The highest BCUT2D eigenvalue weighted by Crippen LogP contribution is 2.34. The SMILES string of the molecule is CC[C@@H](NS(=O)(=O)c1ccc(OC)c(N2C(=O)CCC2=O)c1)c1ccc(OC)cc1. The molecule has 0 bridgehead atoms. The zero-order chi connectivity index (χ0) is 21.9. The van der Waals surface area contributed by atoms with Crippen molar-refractivity contribution < 1.29 is 27.5 Å². The largest absolute Gasteiger partial charge is 0.497 e. The zero-order valence-electron chi connectivity index (χ0n) is 17.0. The maximum atomic E-state index is 13.1. The summed E-state index contributed by atoms with van der Waals surface area (Å²) >= 11 is 0. The molecule has 1 N–H and O–H groups in total. The van der Waals surface area contributed by atoms with E-state index in [9.17, 15) is 18.0 Å². The van der Waals surface area contributed by atoms with Crippen molar-refractivity contribution in [3.8, 4) is 11.5 Å². The molecule has 2 amide bonds. The topological polar surface area (TPSA) is 102 Å². The first-order chi connectivity index (χ1) is 14.3. The Bertz CT molecular complexity index is 1030. The molecule has 1 fully saturated rings. The number of carbonyl (C=O) groups is 2. The number of nitrogens with one attached hydrogen (secondary N) is 1. The molecule has 2 aromatic carbocycles. The van der Waals surface area contributed by atoms with E-state index in [1.807, 2.05) is 6.92 Å². The van der Waals surface area contributed by atoms with Crippen LogP contribution in [0.5, 0.6) is 11.5 Å². The zero-order valence-corrected chi connectivity index (χ0v) is 17.9. The van der Waals surface area contributed by atoms with Gasteiger partial charge in [-0.15, -0.1) is 0 Å². The molecule has 1 aliphatic heterocycles. The fourth-order valence-corrected chi connectivity index (χ4v) is 4.66.